The molecule has 0 N–H and O–H groups in total. The van der Waals surface area contributed by atoms with Crippen LogP contribution < -0.4 is 0 Å². The molecule has 1 heterocycles. The first-order chi connectivity index (χ1) is 7.42. The number of benzene rings is 1. The normalized spacial score (nSPS) is 17.4. The van der Waals surface area contributed by atoms with Crippen molar-refractivity contribution in [1.29, 1.82) is 0 Å². The highest BCUT2D eigenvalue weighted by Crippen LogP contribution is 2.38. The van der Waals surface area contributed by atoms with Crippen molar-refractivity contribution in [3.05, 3.63) is 33.6 Å². The fourth-order valence-corrected chi connectivity index (χ4v) is 4.06. The van der Waals surface area contributed by atoms with Gasteiger partial charge < -0.3 is 4.90 Å². The highest BCUT2D eigenvalue weighted by molar-refractivity contribution is 9.10. The third-order valence-corrected chi connectivity index (χ3v) is 4.60. The molecule has 0 saturated heterocycles. The highest BCUT2D eigenvalue weighted by atomic mass is 79.9. The van der Waals surface area contributed by atoms with Crippen molar-refractivity contribution in [1.82, 2.24) is 4.90 Å². The average molecular weight is 302 g/mol. The predicted octanol–water partition coefficient (Wildman–Crippen LogP) is 2.14. The third kappa shape index (κ3) is 1.95. The molecule has 0 radical (unpaired) electrons. The molecule has 2 rings (SSSR count). The number of fused-ring (bicyclic) bond motifs is 1. The first-order valence-electron chi connectivity index (χ1n) is 4.81. The Morgan fingerprint density at radius 1 is 1.31 bits per heavy atom. The molecule has 0 aliphatic carbocycles. The summed E-state index contributed by atoms with van der Waals surface area (Å²) in [5.41, 5.74) is 1.64. The van der Waals surface area contributed by atoms with Crippen molar-refractivity contribution >= 4 is 31.3 Å². The van der Waals surface area contributed by atoms with Crippen LogP contribution in [0.5, 0.6) is 0 Å². The quantitative estimate of drug-likeness (QED) is 0.840. The standard InChI is InChI=1S/C11H12BrNO2S/c1-13(2)6-8-7-16(14,15)10-5-3-4-9(12)11(8)10/h3-5,7H,6H2,1-2H3. The number of hydrogen-bond donors (Lipinski definition) is 0. The molecule has 1 aromatic carbocycles. The number of likely N-dealkylation sites (N-methyl/N-ethyl adjacent to an activating group) is 1. The van der Waals surface area contributed by atoms with Gasteiger partial charge in [-0.25, -0.2) is 8.42 Å². The lowest BCUT2D eigenvalue weighted by molar-refractivity contribution is 0.463. The van der Waals surface area contributed by atoms with Gasteiger partial charge in [-0.1, -0.05) is 22.0 Å². The van der Waals surface area contributed by atoms with Crippen LogP contribution in [0.3, 0.4) is 0 Å². The smallest absolute Gasteiger partial charge is 0.200 e. The summed E-state index contributed by atoms with van der Waals surface area (Å²) in [6.45, 7) is 0.620. The zero-order valence-corrected chi connectivity index (χ0v) is 11.5. The van der Waals surface area contributed by atoms with E-state index in [9.17, 15) is 8.42 Å². The van der Waals surface area contributed by atoms with Crippen LogP contribution in [0.1, 0.15) is 5.56 Å². The second-order valence-electron chi connectivity index (χ2n) is 4.04. The van der Waals surface area contributed by atoms with Crippen LogP contribution in [0.2, 0.25) is 0 Å². The van der Waals surface area contributed by atoms with Crippen LogP contribution in [0, 0.1) is 0 Å². The SMILES string of the molecule is CN(C)CC1=CS(=O)(=O)c2cccc(Br)c21. The summed E-state index contributed by atoms with van der Waals surface area (Å²) in [5.74, 6) is 0. The molecule has 16 heavy (non-hydrogen) atoms. The van der Waals surface area contributed by atoms with Crippen molar-refractivity contribution in [3.8, 4) is 0 Å². The Hall–Kier alpha value is -0.650. The van der Waals surface area contributed by atoms with Crippen molar-refractivity contribution in [2.24, 2.45) is 0 Å². The van der Waals surface area contributed by atoms with E-state index in [4.69, 9.17) is 0 Å². The van der Waals surface area contributed by atoms with Crippen molar-refractivity contribution in [2.45, 2.75) is 4.90 Å². The molecular formula is C11H12BrNO2S. The summed E-state index contributed by atoms with van der Waals surface area (Å²) >= 11 is 3.41. The van der Waals surface area contributed by atoms with Crippen LogP contribution in [0.4, 0.5) is 0 Å². The van der Waals surface area contributed by atoms with E-state index in [-0.39, 0.29) is 0 Å². The number of rotatable bonds is 2. The summed E-state index contributed by atoms with van der Waals surface area (Å²) in [5, 5.41) is 1.36. The molecule has 5 heteroatoms. The first kappa shape index (κ1) is 11.8. The molecule has 0 spiro atoms. The van der Waals surface area contributed by atoms with Gasteiger partial charge in [-0.05, 0) is 31.8 Å². The summed E-state index contributed by atoms with van der Waals surface area (Å²) in [4.78, 5) is 2.36. The highest BCUT2D eigenvalue weighted by Gasteiger charge is 2.28. The Labute approximate surface area is 104 Å². The van der Waals surface area contributed by atoms with Gasteiger partial charge in [-0.15, -0.1) is 0 Å². The van der Waals surface area contributed by atoms with Crippen molar-refractivity contribution < 1.29 is 8.42 Å². The van der Waals surface area contributed by atoms with Crippen LogP contribution in [0.25, 0.3) is 5.57 Å². The fourth-order valence-electron chi connectivity index (χ4n) is 1.82. The number of halogens is 1. The lowest BCUT2D eigenvalue weighted by Gasteiger charge is -2.12. The molecule has 0 saturated carbocycles. The van der Waals surface area contributed by atoms with Crippen molar-refractivity contribution in [2.75, 3.05) is 20.6 Å². The van der Waals surface area contributed by atoms with Crippen LogP contribution in [0.15, 0.2) is 33.0 Å². The molecule has 0 unspecified atom stereocenters. The van der Waals surface area contributed by atoms with E-state index in [0.717, 1.165) is 15.6 Å². The monoisotopic (exact) mass is 301 g/mol. The van der Waals surface area contributed by atoms with E-state index in [1.54, 1.807) is 12.1 Å². The largest absolute Gasteiger partial charge is 0.305 e. The van der Waals surface area contributed by atoms with Gasteiger partial charge in [0.15, 0.2) is 0 Å². The molecule has 1 aromatic rings. The van der Waals surface area contributed by atoms with E-state index >= 15 is 0 Å². The minimum absolute atomic E-state index is 0.402. The van der Waals surface area contributed by atoms with E-state index in [1.165, 1.54) is 5.41 Å². The van der Waals surface area contributed by atoms with Crippen molar-refractivity contribution in [3.63, 3.8) is 0 Å². The van der Waals surface area contributed by atoms with Gasteiger partial charge in [-0.2, -0.15) is 0 Å². The topological polar surface area (TPSA) is 37.4 Å². The molecule has 0 amide bonds. The fraction of sp³-hybridized carbons (Fsp3) is 0.273. The molecule has 0 bridgehead atoms. The van der Waals surface area contributed by atoms with Gasteiger partial charge in [0.25, 0.3) is 0 Å². The Bertz CT molecular complexity index is 561. The minimum atomic E-state index is -3.24. The molecule has 0 atom stereocenters. The third-order valence-electron chi connectivity index (χ3n) is 2.39. The van der Waals surface area contributed by atoms with Crippen LogP contribution >= 0.6 is 15.9 Å². The van der Waals surface area contributed by atoms with Gasteiger partial charge in [0.2, 0.25) is 9.84 Å². The maximum absolute atomic E-state index is 11.9. The van der Waals surface area contributed by atoms with Gasteiger partial charge in [-0.3, -0.25) is 0 Å². The second-order valence-corrected chi connectivity index (χ2v) is 6.66. The molecule has 1 aliphatic rings. The zero-order valence-electron chi connectivity index (χ0n) is 9.07. The maximum Gasteiger partial charge on any atom is 0.200 e. The Morgan fingerprint density at radius 3 is 2.62 bits per heavy atom. The zero-order chi connectivity index (χ0) is 11.9. The number of hydrogen-bond acceptors (Lipinski definition) is 3. The van der Waals surface area contributed by atoms with Crippen LogP contribution in [-0.4, -0.2) is 34.0 Å². The summed E-state index contributed by atoms with van der Waals surface area (Å²) in [6.07, 6.45) is 0. The molecule has 3 nitrogen and oxygen atoms in total. The van der Waals surface area contributed by atoms with Gasteiger partial charge in [0.05, 0.1) is 4.90 Å². The van der Waals surface area contributed by atoms with E-state index in [0.29, 0.717) is 11.4 Å². The van der Waals surface area contributed by atoms with E-state index < -0.39 is 9.84 Å². The summed E-state index contributed by atoms with van der Waals surface area (Å²) < 4.78 is 24.6. The van der Waals surface area contributed by atoms with Gasteiger partial charge in [0.1, 0.15) is 0 Å². The maximum atomic E-state index is 11.9. The lowest BCUT2D eigenvalue weighted by Crippen LogP contribution is -2.14. The summed E-state index contributed by atoms with van der Waals surface area (Å²) in [7, 11) is 0.596. The minimum Gasteiger partial charge on any atom is -0.305 e. The first-order valence-corrected chi connectivity index (χ1v) is 7.15. The molecule has 0 aromatic heterocycles. The lowest BCUT2D eigenvalue weighted by atomic mass is 10.1. The van der Waals surface area contributed by atoms with Crippen LogP contribution in [-0.2, 0) is 9.84 Å². The molecular weight excluding hydrogens is 290 g/mol. The Kier molecular flexibility index (Phi) is 2.94. The average Bonchev–Trinajstić information content (AvgIpc) is 2.38. The Balaban J connectivity index is 2.62. The number of nitrogens with zero attached hydrogens (tertiary/aromatic N) is 1. The number of sulfone groups is 1. The Morgan fingerprint density at radius 2 is 2.00 bits per heavy atom. The molecule has 0 fully saturated rings. The van der Waals surface area contributed by atoms with Gasteiger partial charge in [0, 0.05) is 22.0 Å². The second kappa shape index (κ2) is 3.98. The molecule has 86 valence electrons. The summed E-state index contributed by atoms with van der Waals surface area (Å²) in [6, 6.07) is 5.25. The predicted molar refractivity (Wildman–Crippen MR) is 67.9 cm³/mol. The van der Waals surface area contributed by atoms with E-state index in [2.05, 4.69) is 15.9 Å². The molecule has 1 aliphatic heterocycles. The van der Waals surface area contributed by atoms with Gasteiger partial charge >= 0.3 is 0 Å². The van der Waals surface area contributed by atoms with E-state index in [1.807, 2.05) is 25.1 Å².